The van der Waals surface area contributed by atoms with E-state index in [-0.39, 0.29) is 0 Å². The van der Waals surface area contributed by atoms with Gasteiger partial charge < -0.3 is 0 Å². The predicted molar refractivity (Wildman–Crippen MR) is 92.4 cm³/mol. The Morgan fingerprint density at radius 3 is 1.65 bits per heavy atom. The molecule has 0 spiro atoms. The van der Waals surface area contributed by atoms with Crippen molar-refractivity contribution in [2.75, 3.05) is 0 Å². The van der Waals surface area contributed by atoms with E-state index in [4.69, 9.17) is 19.6 Å². The fourth-order valence-corrected chi connectivity index (χ4v) is 1.78. The van der Waals surface area contributed by atoms with E-state index in [1.165, 1.54) is 6.92 Å². The fraction of sp³-hybridized carbons (Fsp3) is 0.200. The first-order valence-electron chi connectivity index (χ1n) is 7.94. The first-order chi connectivity index (χ1) is 12.5. The van der Waals surface area contributed by atoms with Gasteiger partial charge in [0.1, 0.15) is 0 Å². The molecule has 0 heterocycles. The van der Waals surface area contributed by atoms with Gasteiger partial charge in [-0.15, -0.1) is 9.78 Å². The molecule has 0 radical (unpaired) electrons. The minimum absolute atomic E-state index is 0.291. The van der Waals surface area contributed by atoms with Crippen LogP contribution in [0, 0.1) is 11.8 Å². The van der Waals surface area contributed by atoms with Crippen LogP contribution in [0.15, 0.2) is 60.7 Å². The van der Waals surface area contributed by atoms with Crippen molar-refractivity contribution < 1.29 is 29.1 Å². The summed E-state index contributed by atoms with van der Waals surface area (Å²) >= 11 is 0. The van der Waals surface area contributed by atoms with E-state index in [0.717, 1.165) is 0 Å². The molecule has 134 valence electrons. The number of benzene rings is 2. The summed E-state index contributed by atoms with van der Waals surface area (Å²) in [7, 11) is 0. The van der Waals surface area contributed by atoms with Crippen LogP contribution in [0.5, 0.6) is 0 Å². The van der Waals surface area contributed by atoms with Crippen LogP contribution in [-0.2, 0) is 19.6 Å². The molecule has 2 rings (SSSR count). The van der Waals surface area contributed by atoms with Crippen LogP contribution in [-0.4, -0.2) is 17.7 Å². The smallest absolute Gasteiger partial charge is 0.289 e. The molecule has 2 aromatic carbocycles. The van der Waals surface area contributed by atoms with E-state index in [1.54, 1.807) is 60.7 Å². The highest BCUT2D eigenvalue weighted by Crippen LogP contribution is 2.16. The van der Waals surface area contributed by atoms with E-state index in [0.29, 0.717) is 17.5 Å². The lowest BCUT2D eigenvalue weighted by molar-refractivity contribution is -0.447. The molecule has 0 saturated heterocycles. The highest BCUT2D eigenvalue weighted by molar-refractivity contribution is 5.89. The number of rotatable bonds is 6. The summed E-state index contributed by atoms with van der Waals surface area (Å²) in [6, 6.07) is 16.5. The van der Waals surface area contributed by atoms with Gasteiger partial charge in [-0.25, -0.2) is 9.59 Å². The predicted octanol–water partition coefficient (Wildman–Crippen LogP) is 3.69. The Bertz CT molecular complexity index is 734. The molecule has 0 saturated carbocycles. The second-order valence-electron chi connectivity index (χ2n) is 5.24. The van der Waals surface area contributed by atoms with Gasteiger partial charge in [0.2, 0.25) is 0 Å². The van der Waals surface area contributed by atoms with Gasteiger partial charge in [-0.05, 0) is 30.2 Å². The molecule has 0 unspecified atom stereocenters. The third kappa shape index (κ3) is 5.74. The number of hydrogen-bond donors (Lipinski definition) is 0. The second-order valence-corrected chi connectivity index (χ2v) is 5.24. The zero-order valence-corrected chi connectivity index (χ0v) is 14.4. The molecule has 6 heteroatoms. The molecule has 0 aliphatic rings. The Hall–Kier alpha value is -3.14. The van der Waals surface area contributed by atoms with Crippen molar-refractivity contribution >= 4 is 11.9 Å². The van der Waals surface area contributed by atoms with Crippen LogP contribution < -0.4 is 0 Å². The van der Waals surface area contributed by atoms with Crippen LogP contribution in [0.2, 0.25) is 0 Å². The van der Waals surface area contributed by atoms with Crippen molar-refractivity contribution in [1.82, 2.24) is 0 Å². The number of hydrogen-bond acceptors (Lipinski definition) is 6. The minimum atomic E-state index is -1.77. The van der Waals surface area contributed by atoms with Crippen molar-refractivity contribution in [3.63, 3.8) is 0 Å². The Kier molecular flexibility index (Phi) is 6.92. The maximum Gasteiger partial charge on any atom is 0.373 e. The molecule has 0 aromatic heterocycles. The van der Waals surface area contributed by atoms with Crippen molar-refractivity contribution in [3.8, 4) is 11.8 Å². The van der Waals surface area contributed by atoms with E-state index in [9.17, 15) is 9.59 Å². The van der Waals surface area contributed by atoms with Gasteiger partial charge in [0.15, 0.2) is 0 Å². The minimum Gasteiger partial charge on any atom is -0.289 e. The van der Waals surface area contributed by atoms with Crippen LogP contribution in [0.25, 0.3) is 0 Å². The number of carbonyl (C=O) groups excluding carboxylic acids is 2. The monoisotopic (exact) mass is 354 g/mol. The van der Waals surface area contributed by atoms with Gasteiger partial charge in [0.05, 0.1) is 11.1 Å². The summed E-state index contributed by atoms with van der Waals surface area (Å²) in [6.45, 7) is 3.19. The average Bonchev–Trinajstić information content (AvgIpc) is 2.70. The van der Waals surface area contributed by atoms with E-state index < -0.39 is 17.7 Å². The average molecular weight is 354 g/mol. The zero-order valence-electron chi connectivity index (χ0n) is 14.4. The molecular weight excluding hydrogens is 336 g/mol. The quantitative estimate of drug-likeness (QED) is 0.341. The molecule has 6 nitrogen and oxygen atoms in total. The normalized spacial score (nSPS) is 10.4. The van der Waals surface area contributed by atoms with E-state index in [2.05, 4.69) is 11.8 Å². The van der Waals surface area contributed by atoms with Crippen molar-refractivity contribution in [2.24, 2.45) is 0 Å². The van der Waals surface area contributed by atoms with Crippen LogP contribution in [0.4, 0.5) is 0 Å². The van der Waals surface area contributed by atoms with Gasteiger partial charge in [0.25, 0.3) is 0 Å². The van der Waals surface area contributed by atoms with Gasteiger partial charge in [-0.3, -0.25) is 9.78 Å². The van der Waals surface area contributed by atoms with Crippen molar-refractivity contribution in [2.45, 2.75) is 26.1 Å². The Balaban J connectivity index is 2.00. The largest absolute Gasteiger partial charge is 0.373 e. The molecule has 0 atom stereocenters. The van der Waals surface area contributed by atoms with Gasteiger partial charge in [-0.1, -0.05) is 49.2 Å². The highest BCUT2D eigenvalue weighted by atomic mass is 17.3. The van der Waals surface area contributed by atoms with Gasteiger partial charge in [0, 0.05) is 13.3 Å². The van der Waals surface area contributed by atoms with Gasteiger partial charge >= 0.3 is 17.7 Å². The summed E-state index contributed by atoms with van der Waals surface area (Å²) < 4.78 is 0. The molecule has 0 fully saturated rings. The topological polar surface area (TPSA) is 71.1 Å². The Labute approximate surface area is 151 Å². The molecule has 2 aromatic rings. The molecule has 0 aliphatic heterocycles. The van der Waals surface area contributed by atoms with Gasteiger partial charge in [-0.2, -0.15) is 0 Å². The molecular formula is C20H18O6. The standard InChI is InChI=1S/C20H18O6/c1-3-4-15-20(2,25-23-18(21)16-11-7-5-8-12-16)26-24-19(22)17-13-9-6-10-14-17/h5-14H,3H2,1-2H3. The Morgan fingerprint density at radius 1 is 0.846 bits per heavy atom. The van der Waals surface area contributed by atoms with Crippen molar-refractivity contribution in [3.05, 3.63) is 71.8 Å². The van der Waals surface area contributed by atoms with Crippen molar-refractivity contribution in [1.29, 1.82) is 0 Å². The summed E-state index contributed by atoms with van der Waals surface area (Å²) in [5, 5.41) is 0. The van der Waals surface area contributed by atoms with Crippen LogP contribution in [0.3, 0.4) is 0 Å². The molecule has 0 aliphatic carbocycles. The lowest BCUT2D eigenvalue weighted by Crippen LogP contribution is -2.33. The lowest BCUT2D eigenvalue weighted by Gasteiger charge is -2.20. The summed E-state index contributed by atoms with van der Waals surface area (Å²) in [6.07, 6.45) is 0.502. The fourth-order valence-electron chi connectivity index (χ4n) is 1.78. The molecule has 0 N–H and O–H groups in total. The SMILES string of the molecule is CCC#CC(C)(OOC(=O)c1ccccc1)OOC(=O)c1ccccc1. The van der Waals surface area contributed by atoms with E-state index >= 15 is 0 Å². The van der Waals surface area contributed by atoms with E-state index in [1.807, 2.05) is 6.92 Å². The summed E-state index contributed by atoms with van der Waals surface area (Å²) in [4.78, 5) is 43.5. The highest BCUT2D eigenvalue weighted by Gasteiger charge is 2.31. The summed E-state index contributed by atoms with van der Waals surface area (Å²) in [5.74, 6) is 2.11. The first-order valence-corrected chi connectivity index (χ1v) is 7.94. The van der Waals surface area contributed by atoms with Crippen LogP contribution in [0.1, 0.15) is 41.0 Å². The van der Waals surface area contributed by atoms with Crippen LogP contribution >= 0.6 is 0 Å². The maximum atomic E-state index is 12.0. The lowest BCUT2D eigenvalue weighted by atomic mass is 10.2. The molecule has 0 bridgehead atoms. The number of carbonyl (C=O) groups is 2. The zero-order chi connectivity index (χ0) is 18.8. The molecule has 0 amide bonds. The first kappa shape index (κ1) is 19.2. The Morgan fingerprint density at radius 2 is 1.27 bits per heavy atom. The third-order valence-electron chi connectivity index (χ3n) is 3.06. The third-order valence-corrected chi connectivity index (χ3v) is 3.06. The molecule has 26 heavy (non-hydrogen) atoms. The maximum absolute atomic E-state index is 12.0. The summed E-state index contributed by atoms with van der Waals surface area (Å²) in [5.41, 5.74) is 0.583. The second kappa shape index (κ2) is 9.37.